The predicted octanol–water partition coefficient (Wildman–Crippen LogP) is 5.63. The van der Waals surface area contributed by atoms with Crippen molar-refractivity contribution < 1.29 is 0 Å². The molecule has 3 aromatic rings. The van der Waals surface area contributed by atoms with Gasteiger partial charge in [0.1, 0.15) is 0 Å². The molecule has 2 aromatic heterocycles. The third kappa shape index (κ3) is 3.37. The minimum Gasteiger partial charge on any atom is -0.331 e. The highest BCUT2D eigenvalue weighted by Crippen LogP contribution is 2.28. The zero-order chi connectivity index (χ0) is 15.0. The van der Waals surface area contributed by atoms with Crippen molar-refractivity contribution in [3.63, 3.8) is 0 Å². The number of thioether (sulfide) groups is 1. The van der Waals surface area contributed by atoms with Gasteiger partial charge in [-0.25, -0.2) is 9.97 Å². The summed E-state index contributed by atoms with van der Waals surface area (Å²) in [4.78, 5) is 12.2. The number of rotatable bonds is 3. The van der Waals surface area contributed by atoms with E-state index in [4.69, 9.17) is 23.2 Å². The van der Waals surface area contributed by atoms with Crippen molar-refractivity contribution in [1.29, 1.82) is 0 Å². The molecule has 0 bridgehead atoms. The Labute approximate surface area is 144 Å². The molecule has 0 saturated heterocycles. The lowest BCUT2D eigenvalue weighted by atomic mass is 10.2. The fraction of sp³-hybridized carbons (Fsp3) is 0.143. The molecule has 0 atom stereocenters. The number of hydrogen-bond acceptors (Lipinski definition) is 3. The summed E-state index contributed by atoms with van der Waals surface area (Å²) in [7, 11) is 0. The van der Waals surface area contributed by atoms with Crippen molar-refractivity contribution in [2.75, 3.05) is 0 Å². The Morgan fingerprint density at radius 2 is 2.00 bits per heavy atom. The second-order valence-electron chi connectivity index (χ2n) is 4.51. The molecule has 3 rings (SSSR count). The third-order valence-corrected chi connectivity index (χ3v) is 5.43. The van der Waals surface area contributed by atoms with Crippen LogP contribution in [0.4, 0.5) is 0 Å². The number of nitrogens with one attached hydrogen (secondary N) is 1. The van der Waals surface area contributed by atoms with E-state index in [1.807, 2.05) is 25.1 Å². The number of imidazole rings is 1. The largest absolute Gasteiger partial charge is 0.331 e. The van der Waals surface area contributed by atoms with Crippen molar-refractivity contribution >= 4 is 62.1 Å². The molecule has 1 N–H and O–H groups in total. The molecule has 0 saturated carbocycles. The maximum Gasteiger partial charge on any atom is 0.178 e. The molecule has 0 aliphatic heterocycles. The van der Waals surface area contributed by atoms with Crippen LogP contribution in [0.2, 0.25) is 10.0 Å². The molecule has 0 fully saturated rings. The van der Waals surface area contributed by atoms with E-state index in [9.17, 15) is 0 Å². The van der Waals surface area contributed by atoms with Gasteiger partial charge in [0.15, 0.2) is 10.8 Å². The zero-order valence-corrected chi connectivity index (χ0v) is 14.9. The van der Waals surface area contributed by atoms with Gasteiger partial charge in [0.25, 0.3) is 0 Å². The standard InChI is InChI=1S/C14H10BrCl2N3S/c1-7-9(15)5-12-13(18-7)20-14(19-12)21-6-8-2-3-10(16)11(17)4-8/h2-5H,6H2,1H3,(H,18,19,20). The number of aryl methyl sites for hydroxylation is 1. The number of H-pyrrole nitrogens is 1. The maximum atomic E-state index is 6.01. The van der Waals surface area contributed by atoms with Gasteiger partial charge in [0.05, 0.1) is 21.3 Å². The monoisotopic (exact) mass is 401 g/mol. The molecule has 1 aromatic carbocycles. The Balaban J connectivity index is 1.80. The molecule has 7 heteroatoms. The van der Waals surface area contributed by atoms with E-state index >= 15 is 0 Å². The van der Waals surface area contributed by atoms with Crippen LogP contribution >= 0.6 is 50.9 Å². The minimum absolute atomic E-state index is 0.568. The molecule has 21 heavy (non-hydrogen) atoms. The topological polar surface area (TPSA) is 41.6 Å². The van der Waals surface area contributed by atoms with Crippen molar-refractivity contribution in [1.82, 2.24) is 15.0 Å². The zero-order valence-electron chi connectivity index (χ0n) is 11.0. The highest BCUT2D eigenvalue weighted by Gasteiger charge is 2.08. The molecule has 2 heterocycles. The average Bonchev–Trinajstić information content (AvgIpc) is 2.82. The molecule has 0 amide bonds. The van der Waals surface area contributed by atoms with Crippen molar-refractivity contribution in [2.24, 2.45) is 0 Å². The summed E-state index contributed by atoms with van der Waals surface area (Å²) >= 11 is 17.0. The summed E-state index contributed by atoms with van der Waals surface area (Å²) in [6, 6.07) is 7.63. The Morgan fingerprint density at radius 3 is 2.76 bits per heavy atom. The summed E-state index contributed by atoms with van der Waals surface area (Å²) in [6.07, 6.45) is 0. The Morgan fingerprint density at radius 1 is 1.19 bits per heavy atom. The quantitative estimate of drug-likeness (QED) is 0.577. The van der Waals surface area contributed by atoms with Crippen LogP contribution in [0.25, 0.3) is 11.2 Å². The average molecular weight is 403 g/mol. The smallest absolute Gasteiger partial charge is 0.178 e. The second kappa shape index (κ2) is 6.16. The molecule has 0 aliphatic carbocycles. The van der Waals surface area contributed by atoms with Crippen molar-refractivity contribution in [3.8, 4) is 0 Å². The van der Waals surface area contributed by atoms with Crippen LogP contribution in [-0.4, -0.2) is 15.0 Å². The fourth-order valence-corrected chi connectivity index (χ4v) is 3.29. The predicted molar refractivity (Wildman–Crippen MR) is 92.3 cm³/mol. The van der Waals surface area contributed by atoms with Crippen LogP contribution in [0, 0.1) is 6.92 Å². The molecule has 108 valence electrons. The van der Waals surface area contributed by atoms with Gasteiger partial charge in [-0.2, -0.15) is 0 Å². The SMILES string of the molecule is Cc1nc2nc(SCc3ccc(Cl)c(Cl)c3)[nH]c2cc1Br. The first-order valence-corrected chi connectivity index (χ1v) is 8.66. The van der Waals surface area contributed by atoms with Crippen LogP contribution in [0.1, 0.15) is 11.3 Å². The van der Waals surface area contributed by atoms with Crippen LogP contribution in [-0.2, 0) is 5.75 Å². The number of benzene rings is 1. The highest BCUT2D eigenvalue weighted by atomic mass is 79.9. The number of nitrogens with zero attached hydrogens (tertiary/aromatic N) is 2. The maximum absolute atomic E-state index is 6.01. The van der Waals surface area contributed by atoms with Crippen molar-refractivity contribution in [2.45, 2.75) is 17.8 Å². The molecular formula is C14H10BrCl2N3S. The number of aromatic amines is 1. The van der Waals surface area contributed by atoms with E-state index in [1.165, 1.54) is 0 Å². The molecule has 0 spiro atoms. The molecule has 0 unspecified atom stereocenters. The third-order valence-electron chi connectivity index (χ3n) is 2.94. The van der Waals surface area contributed by atoms with Gasteiger partial charge in [-0.3, -0.25) is 0 Å². The van der Waals surface area contributed by atoms with Crippen LogP contribution < -0.4 is 0 Å². The summed E-state index contributed by atoms with van der Waals surface area (Å²) < 4.78 is 0.972. The number of pyridine rings is 1. The molecule has 0 radical (unpaired) electrons. The van der Waals surface area contributed by atoms with Crippen molar-refractivity contribution in [3.05, 3.63) is 50.0 Å². The fourth-order valence-electron chi connectivity index (χ4n) is 1.83. The first kappa shape index (κ1) is 15.2. The van der Waals surface area contributed by atoms with E-state index in [1.54, 1.807) is 17.8 Å². The van der Waals surface area contributed by atoms with Gasteiger partial charge < -0.3 is 4.98 Å². The van der Waals surface area contributed by atoms with Gasteiger partial charge >= 0.3 is 0 Å². The Hall–Kier alpha value is -0.750. The van der Waals surface area contributed by atoms with E-state index in [0.717, 1.165) is 37.8 Å². The number of aromatic nitrogens is 3. The van der Waals surface area contributed by atoms with Gasteiger partial charge in [-0.05, 0) is 46.6 Å². The lowest BCUT2D eigenvalue weighted by Gasteiger charge is -2.01. The van der Waals surface area contributed by atoms with E-state index < -0.39 is 0 Å². The summed E-state index contributed by atoms with van der Waals surface area (Å²) in [6.45, 7) is 1.95. The number of fused-ring (bicyclic) bond motifs is 1. The normalized spacial score (nSPS) is 11.2. The first-order chi connectivity index (χ1) is 10.0. The van der Waals surface area contributed by atoms with Crippen LogP contribution in [0.5, 0.6) is 0 Å². The second-order valence-corrected chi connectivity index (χ2v) is 7.14. The molecule has 0 aliphatic rings. The van der Waals surface area contributed by atoms with Crippen LogP contribution in [0.3, 0.4) is 0 Å². The van der Waals surface area contributed by atoms with Crippen LogP contribution in [0.15, 0.2) is 33.9 Å². The summed E-state index contributed by atoms with van der Waals surface area (Å²) in [5.74, 6) is 0.761. The lowest BCUT2D eigenvalue weighted by Crippen LogP contribution is -1.84. The lowest BCUT2D eigenvalue weighted by molar-refractivity contribution is 1.07. The van der Waals surface area contributed by atoms with Gasteiger partial charge in [-0.1, -0.05) is 41.0 Å². The first-order valence-electron chi connectivity index (χ1n) is 6.12. The minimum atomic E-state index is 0.568. The summed E-state index contributed by atoms with van der Waals surface area (Å²) in [5.41, 5.74) is 3.67. The van der Waals surface area contributed by atoms with Gasteiger partial charge in [-0.15, -0.1) is 0 Å². The van der Waals surface area contributed by atoms with E-state index in [2.05, 4.69) is 30.9 Å². The summed E-state index contributed by atoms with van der Waals surface area (Å²) in [5, 5.41) is 1.97. The number of halogens is 3. The van der Waals surface area contributed by atoms with E-state index in [0.29, 0.717) is 10.0 Å². The van der Waals surface area contributed by atoms with Gasteiger partial charge in [0, 0.05) is 10.2 Å². The Bertz CT molecular complexity index is 780. The van der Waals surface area contributed by atoms with E-state index in [-0.39, 0.29) is 0 Å². The van der Waals surface area contributed by atoms with Gasteiger partial charge in [0.2, 0.25) is 0 Å². The molecule has 3 nitrogen and oxygen atoms in total. The highest BCUT2D eigenvalue weighted by molar-refractivity contribution is 9.10. The Kier molecular flexibility index (Phi) is 4.45. The number of hydrogen-bond donors (Lipinski definition) is 1. The molecular weight excluding hydrogens is 393 g/mol.